The molecule has 3 aromatic rings. The molecule has 1 fully saturated rings. The van der Waals surface area contributed by atoms with Crippen molar-refractivity contribution in [2.45, 2.75) is 19.4 Å². The molecule has 35 heavy (non-hydrogen) atoms. The monoisotopic (exact) mass is 478 g/mol. The van der Waals surface area contributed by atoms with E-state index in [0.717, 1.165) is 23.8 Å². The van der Waals surface area contributed by atoms with Gasteiger partial charge < -0.3 is 15.4 Å². The third-order valence-corrected chi connectivity index (χ3v) is 6.07. The molecule has 2 amide bonds. The van der Waals surface area contributed by atoms with E-state index in [2.05, 4.69) is 0 Å². The minimum Gasteiger partial charge on any atom is -0.488 e. The Morgan fingerprint density at radius 3 is 2.40 bits per heavy atom. The second kappa shape index (κ2) is 10.5. The van der Waals surface area contributed by atoms with Crippen molar-refractivity contribution in [2.75, 3.05) is 13.1 Å². The van der Waals surface area contributed by atoms with E-state index in [4.69, 9.17) is 10.5 Å². The zero-order valence-electron chi connectivity index (χ0n) is 18.9. The Hall–Kier alpha value is -4.07. The second-order valence-corrected chi connectivity index (χ2v) is 8.40. The van der Waals surface area contributed by atoms with Gasteiger partial charge in [0.25, 0.3) is 11.8 Å². The van der Waals surface area contributed by atoms with Gasteiger partial charge in [-0.05, 0) is 60.9 Å². The van der Waals surface area contributed by atoms with E-state index in [1.165, 1.54) is 0 Å². The van der Waals surface area contributed by atoms with Crippen LogP contribution in [0.15, 0.2) is 66.7 Å². The lowest BCUT2D eigenvalue weighted by Gasteiger charge is -2.31. The minimum atomic E-state index is -0.743. The molecule has 6 nitrogen and oxygen atoms in total. The van der Waals surface area contributed by atoms with Gasteiger partial charge in [0.15, 0.2) is 5.78 Å². The van der Waals surface area contributed by atoms with Crippen molar-refractivity contribution in [1.82, 2.24) is 4.90 Å². The van der Waals surface area contributed by atoms with E-state index in [1.807, 2.05) is 6.07 Å². The number of amides is 2. The zero-order valence-corrected chi connectivity index (χ0v) is 18.9. The zero-order chi connectivity index (χ0) is 24.9. The van der Waals surface area contributed by atoms with Crippen molar-refractivity contribution in [2.24, 2.45) is 11.7 Å². The Morgan fingerprint density at radius 2 is 1.66 bits per heavy atom. The molecule has 3 aromatic carbocycles. The predicted molar refractivity (Wildman–Crippen MR) is 125 cm³/mol. The molecular formula is C27H24F2N2O4. The molecule has 2 N–H and O–H groups in total. The van der Waals surface area contributed by atoms with Crippen molar-refractivity contribution in [3.8, 4) is 5.75 Å². The Kier molecular flexibility index (Phi) is 7.19. The number of rotatable bonds is 7. The first-order chi connectivity index (χ1) is 16.8. The van der Waals surface area contributed by atoms with Crippen LogP contribution in [0.25, 0.3) is 0 Å². The summed E-state index contributed by atoms with van der Waals surface area (Å²) in [6, 6.07) is 16.5. The molecule has 0 unspecified atom stereocenters. The minimum absolute atomic E-state index is 0.140. The Balaban J connectivity index is 1.38. The number of likely N-dealkylation sites (tertiary alicyclic amines) is 1. The lowest BCUT2D eigenvalue weighted by Crippen LogP contribution is -2.40. The maximum absolute atomic E-state index is 14.0. The van der Waals surface area contributed by atoms with Crippen LogP contribution in [0.1, 0.15) is 49.5 Å². The second-order valence-electron chi connectivity index (χ2n) is 8.40. The lowest BCUT2D eigenvalue weighted by molar-refractivity contribution is 0.0649. The van der Waals surface area contributed by atoms with Gasteiger partial charge in [-0.1, -0.05) is 24.3 Å². The quantitative estimate of drug-likeness (QED) is 0.511. The highest BCUT2D eigenvalue weighted by atomic mass is 19.1. The lowest BCUT2D eigenvalue weighted by atomic mass is 9.88. The van der Waals surface area contributed by atoms with E-state index in [9.17, 15) is 23.2 Å². The summed E-state index contributed by atoms with van der Waals surface area (Å²) in [4.78, 5) is 38.9. The average Bonchev–Trinajstić information content (AvgIpc) is 2.88. The summed E-state index contributed by atoms with van der Waals surface area (Å²) in [7, 11) is 0. The average molecular weight is 478 g/mol. The summed E-state index contributed by atoms with van der Waals surface area (Å²) >= 11 is 0. The first-order valence-corrected chi connectivity index (χ1v) is 11.2. The van der Waals surface area contributed by atoms with Crippen molar-refractivity contribution < 1.29 is 27.9 Å². The SMILES string of the molecule is NC(=O)c1ccccc1OCc1cccc(C(=O)N2CCC(C(=O)c3cc(F)ccc3F)CC2)c1. The van der Waals surface area contributed by atoms with Gasteiger partial charge in [0.05, 0.1) is 11.1 Å². The number of Topliss-reactive ketones (excluding diaryl/α,β-unsaturated/α-hetero) is 1. The number of carbonyl (C=O) groups is 3. The van der Waals surface area contributed by atoms with Crippen LogP contribution in [0.5, 0.6) is 5.75 Å². The number of nitrogens with zero attached hydrogens (tertiary/aromatic N) is 1. The van der Waals surface area contributed by atoms with Gasteiger partial charge in [0, 0.05) is 24.6 Å². The molecule has 1 aliphatic rings. The number of ketones is 1. The number of halogens is 2. The maximum Gasteiger partial charge on any atom is 0.253 e. The number of hydrogen-bond donors (Lipinski definition) is 1. The van der Waals surface area contributed by atoms with Crippen LogP contribution in [0.2, 0.25) is 0 Å². The number of benzene rings is 3. The summed E-state index contributed by atoms with van der Waals surface area (Å²) in [5.41, 5.74) is 6.61. The summed E-state index contributed by atoms with van der Waals surface area (Å²) in [6.45, 7) is 0.805. The van der Waals surface area contributed by atoms with E-state index in [1.54, 1.807) is 47.4 Å². The Labute approximate surface area is 201 Å². The normalized spacial score (nSPS) is 13.9. The highest BCUT2D eigenvalue weighted by Gasteiger charge is 2.30. The Bertz CT molecular complexity index is 1270. The smallest absolute Gasteiger partial charge is 0.253 e. The van der Waals surface area contributed by atoms with E-state index in [-0.39, 0.29) is 23.6 Å². The predicted octanol–water partition coefficient (Wildman–Crippen LogP) is 4.38. The molecular weight excluding hydrogens is 454 g/mol. The molecule has 0 spiro atoms. The number of piperidine rings is 1. The van der Waals surface area contributed by atoms with Gasteiger partial charge in [0.2, 0.25) is 0 Å². The van der Waals surface area contributed by atoms with Gasteiger partial charge in [0.1, 0.15) is 24.0 Å². The molecule has 180 valence electrons. The van der Waals surface area contributed by atoms with Crippen LogP contribution in [-0.2, 0) is 6.61 Å². The van der Waals surface area contributed by atoms with Gasteiger partial charge in [-0.15, -0.1) is 0 Å². The highest BCUT2D eigenvalue weighted by molar-refractivity contribution is 5.99. The molecule has 4 rings (SSSR count). The van der Waals surface area contributed by atoms with Crippen molar-refractivity contribution >= 4 is 17.6 Å². The largest absolute Gasteiger partial charge is 0.488 e. The topological polar surface area (TPSA) is 89.7 Å². The molecule has 1 heterocycles. The standard InChI is InChI=1S/C27H24F2N2O4/c28-20-8-9-23(29)22(15-20)25(32)18-10-12-31(13-11-18)27(34)19-5-3-4-17(14-19)16-35-24-7-2-1-6-21(24)26(30)33/h1-9,14-15,18H,10-13,16H2,(H2,30,33). The molecule has 0 radical (unpaired) electrons. The highest BCUT2D eigenvalue weighted by Crippen LogP contribution is 2.25. The van der Waals surface area contributed by atoms with E-state index >= 15 is 0 Å². The molecule has 0 aromatic heterocycles. The van der Waals surface area contributed by atoms with Crippen LogP contribution in [-0.4, -0.2) is 35.6 Å². The molecule has 0 saturated carbocycles. The number of nitrogens with two attached hydrogens (primary N) is 1. The van der Waals surface area contributed by atoms with E-state index < -0.39 is 29.2 Å². The first kappa shape index (κ1) is 24.1. The first-order valence-electron chi connectivity index (χ1n) is 11.2. The van der Waals surface area contributed by atoms with E-state index in [0.29, 0.717) is 37.2 Å². The summed E-state index contributed by atoms with van der Waals surface area (Å²) in [5, 5.41) is 0. The van der Waals surface area contributed by atoms with Crippen LogP contribution < -0.4 is 10.5 Å². The van der Waals surface area contributed by atoms with Gasteiger partial charge in [-0.3, -0.25) is 14.4 Å². The molecule has 0 atom stereocenters. The fraction of sp³-hybridized carbons (Fsp3) is 0.222. The third kappa shape index (κ3) is 5.54. The number of ether oxygens (including phenoxy) is 1. The summed E-state index contributed by atoms with van der Waals surface area (Å²) in [6.07, 6.45) is 0.737. The summed E-state index contributed by atoms with van der Waals surface area (Å²) < 4.78 is 33.2. The number of para-hydroxylation sites is 1. The Morgan fingerprint density at radius 1 is 0.914 bits per heavy atom. The van der Waals surface area contributed by atoms with Gasteiger partial charge >= 0.3 is 0 Å². The number of primary amides is 1. The number of hydrogen-bond acceptors (Lipinski definition) is 4. The number of carbonyl (C=O) groups excluding carboxylic acids is 3. The molecule has 8 heteroatoms. The van der Waals surface area contributed by atoms with Gasteiger partial charge in [-0.2, -0.15) is 0 Å². The molecule has 1 aliphatic heterocycles. The fourth-order valence-electron chi connectivity index (χ4n) is 4.18. The van der Waals surface area contributed by atoms with Crippen LogP contribution in [0.4, 0.5) is 8.78 Å². The summed E-state index contributed by atoms with van der Waals surface area (Å²) in [5.74, 6) is -2.74. The third-order valence-electron chi connectivity index (χ3n) is 6.07. The van der Waals surface area contributed by atoms with Crippen LogP contribution >= 0.6 is 0 Å². The molecule has 0 aliphatic carbocycles. The maximum atomic E-state index is 14.0. The van der Waals surface area contributed by atoms with Crippen molar-refractivity contribution in [3.63, 3.8) is 0 Å². The molecule has 1 saturated heterocycles. The van der Waals surface area contributed by atoms with Crippen molar-refractivity contribution in [3.05, 3.63) is 101 Å². The van der Waals surface area contributed by atoms with Gasteiger partial charge in [-0.25, -0.2) is 8.78 Å². The van der Waals surface area contributed by atoms with Crippen LogP contribution in [0.3, 0.4) is 0 Å². The van der Waals surface area contributed by atoms with Crippen LogP contribution in [0, 0.1) is 17.6 Å². The van der Waals surface area contributed by atoms with Crippen molar-refractivity contribution in [1.29, 1.82) is 0 Å². The molecule has 0 bridgehead atoms. The fourth-order valence-corrected chi connectivity index (χ4v) is 4.18.